The molecule has 1 amide bonds. The van der Waals surface area contributed by atoms with Crippen molar-refractivity contribution in [2.75, 3.05) is 45.3 Å². The van der Waals surface area contributed by atoms with Gasteiger partial charge in [-0.3, -0.25) is 4.79 Å². The van der Waals surface area contributed by atoms with E-state index in [4.69, 9.17) is 9.47 Å². The topological polar surface area (TPSA) is 42.0 Å². The summed E-state index contributed by atoms with van der Waals surface area (Å²) in [5, 5.41) is 0. The van der Waals surface area contributed by atoms with Crippen molar-refractivity contribution >= 4 is 11.6 Å². The van der Waals surface area contributed by atoms with Crippen LogP contribution in [0.15, 0.2) is 18.2 Å². The maximum Gasteiger partial charge on any atom is 0.222 e. The van der Waals surface area contributed by atoms with Gasteiger partial charge in [0.05, 0.1) is 19.9 Å². The third kappa shape index (κ3) is 3.84. The highest BCUT2D eigenvalue weighted by Crippen LogP contribution is 2.32. The van der Waals surface area contributed by atoms with Gasteiger partial charge in [-0.15, -0.1) is 0 Å². The molecule has 0 radical (unpaired) electrons. The van der Waals surface area contributed by atoms with E-state index < -0.39 is 0 Å². The minimum atomic E-state index is 0.277. The Morgan fingerprint density at radius 3 is 2.45 bits per heavy atom. The molecule has 1 aliphatic rings. The minimum Gasteiger partial charge on any atom is -0.497 e. The van der Waals surface area contributed by atoms with Gasteiger partial charge in [0.15, 0.2) is 0 Å². The van der Waals surface area contributed by atoms with Gasteiger partial charge in [0, 0.05) is 38.7 Å². The zero-order valence-corrected chi connectivity index (χ0v) is 13.8. The number of methoxy groups -OCH3 is 2. The zero-order valence-electron chi connectivity index (χ0n) is 13.8. The third-order valence-electron chi connectivity index (χ3n) is 4.10. The van der Waals surface area contributed by atoms with E-state index in [1.165, 1.54) is 0 Å². The molecule has 2 rings (SSSR count). The van der Waals surface area contributed by atoms with Crippen molar-refractivity contribution in [2.24, 2.45) is 0 Å². The van der Waals surface area contributed by atoms with Crippen LogP contribution in [0.2, 0.25) is 0 Å². The fraction of sp³-hybridized carbons (Fsp3) is 0.588. The van der Waals surface area contributed by atoms with Crippen molar-refractivity contribution in [1.82, 2.24) is 4.90 Å². The predicted molar refractivity (Wildman–Crippen MR) is 87.9 cm³/mol. The van der Waals surface area contributed by atoms with Gasteiger partial charge < -0.3 is 19.3 Å². The zero-order chi connectivity index (χ0) is 15.9. The largest absolute Gasteiger partial charge is 0.497 e. The first-order chi connectivity index (χ1) is 10.7. The highest BCUT2D eigenvalue weighted by Gasteiger charge is 2.22. The van der Waals surface area contributed by atoms with Crippen molar-refractivity contribution in [1.29, 1.82) is 0 Å². The monoisotopic (exact) mass is 306 g/mol. The lowest BCUT2D eigenvalue weighted by Gasteiger charge is -2.36. The Morgan fingerprint density at radius 2 is 1.86 bits per heavy atom. The number of ether oxygens (including phenoxy) is 2. The van der Waals surface area contributed by atoms with E-state index in [1.807, 2.05) is 23.1 Å². The molecule has 0 N–H and O–H groups in total. The van der Waals surface area contributed by atoms with Crippen LogP contribution in [-0.2, 0) is 4.79 Å². The molecular formula is C17H26N2O3. The summed E-state index contributed by atoms with van der Waals surface area (Å²) >= 11 is 0. The van der Waals surface area contributed by atoms with Crippen molar-refractivity contribution in [3.05, 3.63) is 18.2 Å². The number of unbranched alkanes of at least 4 members (excludes halogenated alkanes) is 1. The van der Waals surface area contributed by atoms with Crippen LogP contribution in [0.3, 0.4) is 0 Å². The molecule has 0 aromatic heterocycles. The molecule has 22 heavy (non-hydrogen) atoms. The Hall–Kier alpha value is -1.91. The number of benzene rings is 1. The second-order valence-electron chi connectivity index (χ2n) is 5.51. The Morgan fingerprint density at radius 1 is 1.14 bits per heavy atom. The average molecular weight is 306 g/mol. The van der Waals surface area contributed by atoms with E-state index in [0.29, 0.717) is 6.42 Å². The number of carbonyl (C=O) groups is 1. The van der Waals surface area contributed by atoms with Crippen molar-refractivity contribution in [3.8, 4) is 11.5 Å². The normalized spacial score (nSPS) is 14.9. The molecule has 1 fully saturated rings. The summed E-state index contributed by atoms with van der Waals surface area (Å²) in [4.78, 5) is 16.3. The summed E-state index contributed by atoms with van der Waals surface area (Å²) in [6, 6.07) is 5.81. The number of piperazine rings is 1. The molecular weight excluding hydrogens is 280 g/mol. The maximum atomic E-state index is 12.1. The molecule has 1 aromatic carbocycles. The Labute approximate surface area is 132 Å². The van der Waals surface area contributed by atoms with E-state index in [9.17, 15) is 4.79 Å². The lowest BCUT2D eigenvalue weighted by atomic mass is 10.2. The number of rotatable bonds is 6. The van der Waals surface area contributed by atoms with Gasteiger partial charge in [-0.25, -0.2) is 0 Å². The summed E-state index contributed by atoms with van der Waals surface area (Å²) in [6.07, 6.45) is 2.70. The first-order valence-electron chi connectivity index (χ1n) is 7.94. The Balaban J connectivity index is 2.00. The minimum absolute atomic E-state index is 0.277. The van der Waals surface area contributed by atoms with Crippen LogP contribution in [0.25, 0.3) is 0 Å². The lowest BCUT2D eigenvalue weighted by molar-refractivity contribution is -0.131. The van der Waals surface area contributed by atoms with Gasteiger partial charge >= 0.3 is 0 Å². The number of nitrogens with zero attached hydrogens (tertiary/aromatic N) is 2. The quantitative estimate of drug-likeness (QED) is 0.810. The van der Waals surface area contributed by atoms with Crippen LogP contribution in [0, 0.1) is 0 Å². The second kappa shape index (κ2) is 7.92. The van der Waals surface area contributed by atoms with Gasteiger partial charge in [0.2, 0.25) is 5.91 Å². The first kappa shape index (κ1) is 16.5. The van der Waals surface area contributed by atoms with Crippen molar-refractivity contribution < 1.29 is 14.3 Å². The van der Waals surface area contributed by atoms with Crippen LogP contribution < -0.4 is 14.4 Å². The molecule has 0 saturated carbocycles. The van der Waals surface area contributed by atoms with Gasteiger partial charge in [-0.05, 0) is 18.6 Å². The van der Waals surface area contributed by atoms with Gasteiger partial charge in [0.1, 0.15) is 11.5 Å². The van der Waals surface area contributed by atoms with E-state index in [1.54, 1.807) is 14.2 Å². The SMILES string of the molecule is CCCCC(=O)N1CCN(c2cc(OC)ccc2OC)CC1. The molecule has 5 nitrogen and oxygen atoms in total. The van der Waals surface area contributed by atoms with Crippen molar-refractivity contribution in [2.45, 2.75) is 26.2 Å². The Bertz CT molecular complexity index is 497. The summed E-state index contributed by atoms with van der Waals surface area (Å²) in [7, 11) is 3.34. The van der Waals surface area contributed by atoms with Gasteiger partial charge in [-0.2, -0.15) is 0 Å². The number of hydrogen-bond acceptors (Lipinski definition) is 4. The summed E-state index contributed by atoms with van der Waals surface area (Å²) in [5.74, 6) is 1.93. The fourth-order valence-electron chi connectivity index (χ4n) is 2.73. The summed E-state index contributed by atoms with van der Waals surface area (Å²) in [5.41, 5.74) is 1.03. The average Bonchev–Trinajstić information content (AvgIpc) is 2.59. The molecule has 0 spiro atoms. The molecule has 1 aliphatic heterocycles. The number of carbonyl (C=O) groups excluding carboxylic acids is 1. The standard InChI is InChI=1S/C17H26N2O3/c1-4-5-6-17(20)19-11-9-18(10-12-19)15-13-14(21-2)7-8-16(15)22-3/h7-8,13H,4-6,9-12H2,1-3H3. The molecule has 1 heterocycles. The van der Waals surface area contributed by atoms with E-state index in [2.05, 4.69) is 11.8 Å². The molecule has 1 saturated heterocycles. The van der Waals surface area contributed by atoms with Crippen LogP contribution in [-0.4, -0.2) is 51.2 Å². The summed E-state index contributed by atoms with van der Waals surface area (Å²) in [6.45, 7) is 5.29. The third-order valence-corrected chi connectivity index (χ3v) is 4.10. The van der Waals surface area contributed by atoms with Crippen LogP contribution in [0.1, 0.15) is 26.2 Å². The fourth-order valence-corrected chi connectivity index (χ4v) is 2.73. The smallest absolute Gasteiger partial charge is 0.222 e. The maximum absolute atomic E-state index is 12.1. The number of anilines is 1. The molecule has 1 aromatic rings. The summed E-state index contributed by atoms with van der Waals surface area (Å²) < 4.78 is 10.7. The molecule has 122 valence electrons. The van der Waals surface area contributed by atoms with E-state index >= 15 is 0 Å². The molecule has 0 atom stereocenters. The number of hydrogen-bond donors (Lipinski definition) is 0. The highest BCUT2D eigenvalue weighted by atomic mass is 16.5. The first-order valence-corrected chi connectivity index (χ1v) is 7.94. The number of amides is 1. The molecule has 0 bridgehead atoms. The van der Waals surface area contributed by atoms with Crippen molar-refractivity contribution in [3.63, 3.8) is 0 Å². The van der Waals surface area contributed by atoms with Gasteiger partial charge in [0.25, 0.3) is 0 Å². The van der Waals surface area contributed by atoms with Gasteiger partial charge in [-0.1, -0.05) is 13.3 Å². The van der Waals surface area contributed by atoms with Crippen LogP contribution in [0.5, 0.6) is 11.5 Å². The molecule has 5 heteroatoms. The lowest BCUT2D eigenvalue weighted by Crippen LogP contribution is -2.48. The van der Waals surface area contributed by atoms with E-state index in [0.717, 1.165) is 56.2 Å². The second-order valence-corrected chi connectivity index (χ2v) is 5.51. The molecule has 0 aliphatic carbocycles. The molecule has 0 unspecified atom stereocenters. The van der Waals surface area contributed by atoms with E-state index in [-0.39, 0.29) is 5.91 Å². The van der Waals surface area contributed by atoms with Crippen LogP contribution >= 0.6 is 0 Å². The van der Waals surface area contributed by atoms with Crippen LogP contribution in [0.4, 0.5) is 5.69 Å². The predicted octanol–water partition coefficient (Wildman–Crippen LogP) is 2.54. The highest BCUT2D eigenvalue weighted by molar-refractivity contribution is 5.76. The Kier molecular flexibility index (Phi) is 5.92.